The fourth-order valence-electron chi connectivity index (χ4n) is 1.36. The van der Waals surface area contributed by atoms with Gasteiger partial charge in [-0.15, -0.1) is 0 Å². The molecule has 0 fully saturated rings. The number of halogens is 2. The van der Waals surface area contributed by atoms with Crippen molar-refractivity contribution in [2.75, 3.05) is 0 Å². The molecule has 0 saturated carbocycles. The molecular weight excluding hydrogens is 186 g/mol. The fourth-order valence-corrected chi connectivity index (χ4v) is 1.36. The summed E-state index contributed by atoms with van der Waals surface area (Å²) in [7, 11) is 0. The molecule has 0 amide bonds. The molecular formula is C11H6F2O. The van der Waals surface area contributed by atoms with Gasteiger partial charge >= 0.3 is 0 Å². The lowest BCUT2D eigenvalue weighted by Crippen LogP contribution is -1.87. The van der Waals surface area contributed by atoms with Gasteiger partial charge in [0.2, 0.25) is 0 Å². The van der Waals surface area contributed by atoms with Gasteiger partial charge < -0.3 is 0 Å². The zero-order chi connectivity index (χ0) is 10.1. The molecule has 0 spiro atoms. The average molecular weight is 192 g/mol. The molecule has 0 aliphatic carbocycles. The van der Waals surface area contributed by atoms with Crippen molar-refractivity contribution in [3.05, 3.63) is 47.5 Å². The van der Waals surface area contributed by atoms with Crippen LogP contribution in [0.5, 0.6) is 0 Å². The average Bonchev–Trinajstić information content (AvgIpc) is 2.23. The van der Waals surface area contributed by atoms with Crippen LogP contribution in [0.4, 0.5) is 8.78 Å². The first kappa shape index (κ1) is 8.81. The maximum absolute atomic E-state index is 13.2. The van der Waals surface area contributed by atoms with Crippen molar-refractivity contribution in [2.24, 2.45) is 0 Å². The van der Waals surface area contributed by atoms with Crippen LogP contribution in [0.1, 0.15) is 10.4 Å². The highest BCUT2D eigenvalue weighted by Gasteiger charge is 2.06. The standard InChI is InChI=1S/C11H6F2O/c12-10-4-2-8-5-7(6-14)1-3-9(8)11(10)13/h1-6H. The molecule has 14 heavy (non-hydrogen) atoms. The van der Waals surface area contributed by atoms with E-state index >= 15 is 0 Å². The van der Waals surface area contributed by atoms with E-state index in [1.54, 1.807) is 0 Å². The van der Waals surface area contributed by atoms with E-state index in [2.05, 4.69) is 0 Å². The minimum absolute atomic E-state index is 0.190. The van der Waals surface area contributed by atoms with Crippen LogP contribution >= 0.6 is 0 Å². The number of benzene rings is 2. The third-order valence-electron chi connectivity index (χ3n) is 2.07. The Bertz CT molecular complexity index is 506. The Morgan fingerprint density at radius 3 is 2.57 bits per heavy atom. The molecule has 1 nitrogen and oxygen atoms in total. The molecule has 0 atom stereocenters. The van der Waals surface area contributed by atoms with Crippen LogP contribution in [0.3, 0.4) is 0 Å². The van der Waals surface area contributed by atoms with Gasteiger partial charge in [0.05, 0.1) is 0 Å². The van der Waals surface area contributed by atoms with E-state index in [1.165, 1.54) is 24.3 Å². The molecule has 2 aromatic carbocycles. The Morgan fingerprint density at radius 2 is 1.86 bits per heavy atom. The maximum atomic E-state index is 13.2. The van der Waals surface area contributed by atoms with E-state index in [0.29, 0.717) is 17.2 Å². The van der Waals surface area contributed by atoms with Gasteiger partial charge in [0.15, 0.2) is 11.6 Å². The van der Waals surface area contributed by atoms with Gasteiger partial charge in [0.1, 0.15) is 6.29 Å². The van der Waals surface area contributed by atoms with Crippen LogP contribution in [0.25, 0.3) is 10.8 Å². The molecule has 2 aromatic rings. The van der Waals surface area contributed by atoms with Gasteiger partial charge in [-0.05, 0) is 17.5 Å². The van der Waals surface area contributed by atoms with E-state index in [-0.39, 0.29) is 5.39 Å². The van der Waals surface area contributed by atoms with Gasteiger partial charge in [-0.2, -0.15) is 0 Å². The van der Waals surface area contributed by atoms with Gasteiger partial charge in [-0.1, -0.05) is 18.2 Å². The monoisotopic (exact) mass is 192 g/mol. The Hall–Kier alpha value is -1.77. The van der Waals surface area contributed by atoms with Crippen LogP contribution in [0.15, 0.2) is 30.3 Å². The Kier molecular flexibility index (Phi) is 2.00. The van der Waals surface area contributed by atoms with E-state index in [0.717, 1.165) is 6.07 Å². The van der Waals surface area contributed by atoms with E-state index < -0.39 is 11.6 Å². The zero-order valence-corrected chi connectivity index (χ0v) is 7.13. The van der Waals surface area contributed by atoms with Gasteiger partial charge in [0, 0.05) is 10.9 Å². The van der Waals surface area contributed by atoms with Gasteiger partial charge in [-0.25, -0.2) is 8.78 Å². The summed E-state index contributed by atoms with van der Waals surface area (Å²) in [5.74, 6) is -1.75. The molecule has 0 unspecified atom stereocenters. The second kappa shape index (κ2) is 3.18. The first-order valence-electron chi connectivity index (χ1n) is 4.05. The molecule has 0 aliphatic rings. The zero-order valence-electron chi connectivity index (χ0n) is 7.13. The van der Waals surface area contributed by atoms with E-state index in [9.17, 15) is 13.6 Å². The summed E-state index contributed by atoms with van der Waals surface area (Å²) in [4.78, 5) is 10.4. The van der Waals surface area contributed by atoms with Gasteiger partial charge in [-0.3, -0.25) is 4.79 Å². The molecule has 0 N–H and O–H groups in total. The van der Waals surface area contributed by atoms with Crippen molar-refractivity contribution < 1.29 is 13.6 Å². The third kappa shape index (κ3) is 1.27. The normalized spacial score (nSPS) is 10.4. The van der Waals surface area contributed by atoms with Crippen LogP contribution in [-0.2, 0) is 0 Å². The summed E-state index contributed by atoms with van der Waals surface area (Å²) in [5.41, 5.74) is 0.448. The lowest BCUT2D eigenvalue weighted by atomic mass is 10.1. The van der Waals surface area contributed by atoms with Crippen LogP contribution in [0, 0.1) is 11.6 Å². The summed E-state index contributed by atoms with van der Waals surface area (Å²) in [6, 6.07) is 6.87. The summed E-state index contributed by atoms with van der Waals surface area (Å²) < 4.78 is 26.0. The van der Waals surface area contributed by atoms with Crippen molar-refractivity contribution in [1.82, 2.24) is 0 Å². The number of aldehydes is 1. The Morgan fingerprint density at radius 1 is 1.07 bits per heavy atom. The SMILES string of the molecule is O=Cc1ccc2c(F)c(F)ccc2c1. The first-order valence-corrected chi connectivity index (χ1v) is 4.05. The molecule has 0 saturated heterocycles. The number of hydrogen-bond donors (Lipinski definition) is 0. The summed E-state index contributed by atoms with van der Waals surface area (Å²) >= 11 is 0. The molecule has 0 bridgehead atoms. The predicted molar refractivity (Wildman–Crippen MR) is 49.3 cm³/mol. The molecule has 2 rings (SSSR count). The highest BCUT2D eigenvalue weighted by molar-refractivity contribution is 5.89. The van der Waals surface area contributed by atoms with Gasteiger partial charge in [0.25, 0.3) is 0 Å². The Balaban J connectivity index is 2.81. The summed E-state index contributed by atoms with van der Waals surface area (Å²) in [6.07, 6.45) is 0.667. The highest BCUT2D eigenvalue weighted by atomic mass is 19.2. The molecule has 0 heterocycles. The highest BCUT2D eigenvalue weighted by Crippen LogP contribution is 2.20. The molecule has 0 aromatic heterocycles. The van der Waals surface area contributed by atoms with E-state index in [4.69, 9.17) is 0 Å². The molecule has 70 valence electrons. The summed E-state index contributed by atoms with van der Waals surface area (Å²) in [6.45, 7) is 0. The van der Waals surface area contributed by atoms with Crippen LogP contribution in [-0.4, -0.2) is 6.29 Å². The largest absolute Gasteiger partial charge is 0.298 e. The summed E-state index contributed by atoms with van der Waals surface area (Å²) in [5, 5.41) is 0.712. The minimum Gasteiger partial charge on any atom is -0.298 e. The van der Waals surface area contributed by atoms with Crippen molar-refractivity contribution in [3.63, 3.8) is 0 Å². The number of carbonyl (C=O) groups excluding carboxylic acids is 1. The minimum atomic E-state index is -0.878. The number of hydrogen-bond acceptors (Lipinski definition) is 1. The number of rotatable bonds is 1. The third-order valence-corrected chi connectivity index (χ3v) is 2.07. The second-order valence-electron chi connectivity index (χ2n) is 2.96. The van der Waals surface area contributed by atoms with Crippen molar-refractivity contribution in [1.29, 1.82) is 0 Å². The topological polar surface area (TPSA) is 17.1 Å². The van der Waals surface area contributed by atoms with Crippen molar-refractivity contribution in [3.8, 4) is 0 Å². The smallest absolute Gasteiger partial charge is 0.166 e. The lowest BCUT2D eigenvalue weighted by Gasteiger charge is -2.00. The number of carbonyl (C=O) groups is 1. The molecule has 3 heteroatoms. The van der Waals surface area contributed by atoms with E-state index in [1.807, 2.05) is 0 Å². The number of fused-ring (bicyclic) bond motifs is 1. The first-order chi connectivity index (χ1) is 6.72. The van der Waals surface area contributed by atoms with Crippen LogP contribution in [0.2, 0.25) is 0 Å². The molecule has 0 aliphatic heterocycles. The predicted octanol–water partition coefficient (Wildman–Crippen LogP) is 2.93. The second-order valence-corrected chi connectivity index (χ2v) is 2.96. The van der Waals surface area contributed by atoms with Crippen LogP contribution < -0.4 is 0 Å². The lowest BCUT2D eigenvalue weighted by molar-refractivity contribution is 0.112. The molecule has 0 radical (unpaired) electrons. The fraction of sp³-hybridized carbons (Fsp3) is 0. The Labute approximate surface area is 79.0 Å². The maximum Gasteiger partial charge on any atom is 0.166 e. The van der Waals surface area contributed by atoms with Crippen molar-refractivity contribution >= 4 is 17.1 Å². The quantitative estimate of drug-likeness (QED) is 0.635. The van der Waals surface area contributed by atoms with Crippen molar-refractivity contribution in [2.45, 2.75) is 0 Å².